The Morgan fingerprint density at radius 3 is 2.81 bits per heavy atom. The second-order valence-corrected chi connectivity index (χ2v) is 4.84. The van der Waals surface area contributed by atoms with Gasteiger partial charge in [-0.2, -0.15) is 0 Å². The topological polar surface area (TPSA) is 96.5 Å². The predicted molar refractivity (Wildman–Crippen MR) is 76.2 cm³/mol. The van der Waals surface area contributed by atoms with Crippen LogP contribution in [0.25, 0.3) is 0 Å². The van der Waals surface area contributed by atoms with Crippen molar-refractivity contribution in [2.24, 2.45) is 0 Å². The Labute approximate surface area is 126 Å². The number of rotatable bonds is 3. The van der Waals surface area contributed by atoms with Gasteiger partial charge in [-0.3, -0.25) is 14.9 Å². The number of benzene rings is 1. The van der Waals surface area contributed by atoms with E-state index in [1.807, 2.05) is 0 Å². The third kappa shape index (κ3) is 3.71. The molecule has 0 bridgehead atoms. The van der Waals surface area contributed by atoms with Crippen molar-refractivity contribution in [3.8, 4) is 0 Å². The summed E-state index contributed by atoms with van der Waals surface area (Å²) < 4.78 is 4.65. The summed E-state index contributed by atoms with van der Waals surface area (Å²) in [6.07, 6.45) is 0. The second kappa shape index (κ2) is 6.55. The molecule has 1 unspecified atom stereocenters. The van der Waals surface area contributed by atoms with E-state index < -0.39 is 12.0 Å². The van der Waals surface area contributed by atoms with Gasteiger partial charge in [0.1, 0.15) is 6.04 Å². The number of halogens is 1. The minimum atomic E-state index is -0.599. The Morgan fingerprint density at radius 1 is 1.43 bits per heavy atom. The Bertz CT molecular complexity index is 581. The van der Waals surface area contributed by atoms with E-state index in [0.717, 1.165) is 0 Å². The fourth-order valence-corrected chi connectivity index (χ4v) is 2.05. The highest BCUT2D eigenvalue weighted by Gasteiger charge is 2.25. The maximum Gasteiger partial charge on any atom is 0.340 e. The standard InChI is InChI=1S/C13H14ClN3O4/c1-21-13(20)8-4-7(14)2-3-9(8)17-12(19)10-5-16-11(18)6-15-10/h2-4,10,15H,5-6H2,1H3,(H,16,18)(H,17,19). The van der Waals surface area contributed by atoms with Crippen LogP contribution in [0.1, 0.15) is 10.4 Å². The van der Waals surface area contributed by atoms with Crippen LogP contribution in [0.2, 0.25) is 5.02 Å². The number of nitrogens with one attached hydrogen (secondary N) is 3. The highest BCUT2D eigenvalue weighted by atomic mass is 35.5. The van der Waals surface area contributed by atoms with Crippen molar-refractivity contribution in [3.05, 3.63) is 28.8 Å². The van der Waals surface area contributed by atoms with Crippen LogP contribution in [-0.2, 0) is 14.3 Å². The van der Waals surface area contributed by atoms with Gasteiger partial charge in [-0.1, -0.05) is 11.6 Å². The summed E-state index contributed by atoms with van der Waals surface area (Å²) in [5, 5.41) is 8.36. The summed E-state index contributed by atoms with van der Waals surface area (Å²) in [6.45, 7) is 0.258. The van der Waals surface area contributed by atoms with Gasteiger partial charge in [0.2, 0.25) is 11.8 Å². The molecule has 1 atom stereocenters. The van der Waals surface area contributed by atoms with Crippen LogP contribution in [0, 0.1) is 0 Å². The number of esters is 1. The van der Waals surface area contributed by atoms with Gasteiger partial charge in [0, 0.05) is 11.6 Å². The zero-order valence-corrected chi connectivity index (χ0v) is 12.0. The highest BCUT2D eigenvalue weighted by molar-refractivity contribution is 6.31. The molecular formula is C13H14ClN3O4. The molecular weight excluding hydrogens is 298 g/mol. The van der Waals surface area contributed by atoms with Gasteiger partial charge in [-0.05, 0) is 18.2 Å². The smallest absolute Gasteiger partial charge is 0.340 e. The number of hydrogen-bond acceptors (Lipinski definition) is 5. The molecule has 7 nitrogen and oxygen atoms in total. The van der Waals surface area contributed by atoms with Crippen LogP contribution in [-0.4, -0.2) is 44.0 Å². The van der Waals surface area contributed by atoms with Crippen LogP contribution in [0.3, 0.4) is 0 Å². The van der Waals surface area contributed by atoms with Crippen molar-refractivity contribution in [2.45, 2.75) is 6.04 Å². The zero-order chi connectivity index (χ0) is 15.4. The number of anilines is 1. The maximum atomic E-state index is 12.1. The van der Waals surface area contributed by atoms with Gasteiger partial charge in [-0.25, -0.2) is 4.79 Å². The second-order valence-electron chi connectivity index (χ2n) is 4.41. The van der Waals surface area contributed by atoms with Crippen LogP contribution < -0.4 is 16.0 Å². The molecule has 2 rings (SSSR count). The van der Waals surface area contributed by atoms with Gasteiger partial charge >= 0.3 is 5.97 Å². The van der Waals surface area contributed by atoms with E-state index >= 15 is 0 Å². The minimum Gasteiger partial charge on any atom is -0.465 e. The molecule has 112 valence electrons. The van der Waals surface area contributed by atoms with E-state index in [0.29, 0.717) is 10.7 Å². The molecule has 0 spiro atoms. The third-order valence-corrected chi connectivity index (χ3v) is 3.21. The van der Waals surface area contributed by atoms with E-state index in [9.17, 15) is 14.4 Å². The number of hydrogen-bond donors (Lipinski definition) is 3. The molecule has 1 aliphatic heterocycles. The molecule has 0 saturated carbocycles. The predicted octanol–water partition coefficient (Wildman–Crippen LogP) is 0.153. The monoisotopic (exact) mass is 311 g/mol. The summed E-state index contributed by atoms with van der Waals surface area (Å²) in [5.41, 5.74) is 0.466. The highest BCUT2D eigenvalue weighted by Crippen LogP contribution is 2.21. The van der Waals surface area contributed by atoms with Crippen LogP contribution in [0.4, 0.5) is 5.69 Å². The van der Waals surface area contributed by atoms with Crippen LogP contribution in [0.5, 0.6) is 0 Å². The Hall–Kier alpha value is -2.12. The first-order valence-corrected chi connectivity index (χ1v) is 6.58. The minimum absolute atomic E-state index is 0.0720. The van der Waals surface area contributed by atoms with Crippen molar-refractivity contribution in [1.82, 2.24) is 10.6 Å². The SMILES string of the molecule is COC(=O)c1cc(Cl)ccc1NC(=O)C1CNC(=O)CN1. The molecule has 1 aromatic rings. The molecule has 1 aromatic carbocycles. The molecule has 0 aromatic heterocycles. The van der Waals surface area contributed by atoms with E-state index in [2.05, 4.69) is 20.7 Å². The molecule has 2 amide bonds. The lowest BCUT2D eigenvalue weighted by Gasteiger charge is -2.23. The first-order chi connectivity index (χ1) is 10.0. The molecule has 21 heavy (non-hydrogen) atoms. The van der Waals surface area contributed by atoms with Crippen molar-refractivity contribution in [1.29, 1.82) is 0 Å². The van der Waals surface area contributed by atoms with E-state index in [4.69, 9.17) is 11.6 Å². The molecule has 1 heterocycles. The van der Waals surface area contributed by atoms with Gasteiger partial charge in [0.05, 0.1) is 24.9 Å². The van der Waals surface area contributed by atoms with Crippen molar-refractivity contribution < 1.29 is 19.1 Å². The average molecular weight is 312 g/mol. The Balaban J connectivity index is 2.13. The summed E-state index contributed by atoms with van der Waals surface area (Å²) in [6, 6.07) is 3.93. The Kier molecular flexibility index (Phi) is 4.77. The van der Waals surface area contributed by atoms with Crippen LogP contribution >= 0.6 is 11.6 Å². The lowest BCUT2D eigenvalue weighted by molar-refractivity contribution is -0.124. The van der Waals surface area contributed by atoms with Crippen molar-refractivity contribution in [3.63, 3.8) is 0 Å². The summed E-state index contributed by atoms with van der Waals surface area (Å²) in [5.74, 6) is -1.12. The fourth-order valence-electron chi connectivity index (χ4n) is 1.88. The lowest BCUT2D eigenvalue weighted by Crippen LogP contribution is -2.56. The summed E-state index contributed by atoms with van der Waals surface area (Å²) in [7, 11) is 1.24. The Morgan fingerprint density at radius 2 is 2.19 bits per heavy atom. The molecule has 0 aliphatic carbocycles. The molecule has 1 saturated heterocycles. The van der Waals surface area contributed by atoms with Gasteiger partial charge in [-0.15, -0.1) is 0 Å². The van der Waals surface area contributed by atoms with Gasteiger partial charge < -0.3 is 15.4 Å². The molecule has 1 fully saturated rings. The number of amides is 2. The molecule has 1 aliphatic rings. The molecule has 3 N–H and O–H groups in total. The van der Waals surface area contributed by atoms with Gasteiger partial charge in [0.25, 0.3) is 0 Å². The molecule has 0 radical (unpaired) electrons. The van der Waals surface area contributed by atoms with E-state index in [-0.39, 0.29) is 30.5 Å². The number of carbonyl (C=O) groups is 3. The fraction of sp³-hybridized carbons (Fsp3) is 0.308. The number of piperazine rings is 1. The maximum absolute atomic E-state index is 12.1. The number of ether oxygens (including phenoxy) is 1. The number of carbonyl (C=O) groups excluding carboxylic acids is 3. The zero-order valence-electron chi connectivity index (χ0n) is 11.2. The quantitative estimate of drug-likeness (QED) is 0.691. The normalized spacial score (nSPS) is 17.8. The first kappa shape index (κ1) is 15.3. The summed E-state index contributed by atoms with van der Waals surface area (Å²) >= 11 is 5.84. The molecule has 8 heteroatoms. The largest absolute Gasteiger partial charge is 0.465 e. The van der Waals surface area contributed by atoms with E-state index in [1.165, 1.54) is 19.2 Å². The van der Waals surface area contributed by atoms with Crippen molar-refractivity contribution >= 4 is 35.1 Å². The first-order valence-electron chi connectivity index (χ1n) is 6.20. The average Bonchev–Trinajstić information content (AvgIpc) is 2.48. The van der Waals surface area contributed by atoms with Gasteiger partial charge in [0.15, 0.2) is 0 Å². The summed E-state index contributed by atoms with van der Waals surface area (Å²) in [4.78, 5) is 34.8. The van der Waals surface area contributed by atoms with Crippen molar-refractivity contribution in [2.75, 3.05) is 25.5 Å². The van der Waals surface area contributed by atoms with Crippen LogP contribution in [0.15, 0.2) is 18.2 Å². The number of methoxy groups -OCH3 is 1. The lowest BCUT2D eigenvalue weighted by atomic mass is 10.1. The third-order valence-electron chi connectivity index (χ3n) is 2.97. The van der Waals surface area contributed by atoms with E-state index in [1.54, 1.807) is 6.07 Å².